The van der Waals surface area contributed by atoms with Crippen LogP contribution in [0.5, 0.6) is 0 Å². The van der Waals surface area contributed by atoms with E-state index in [1.165, 1.54) is 12.1 Å². The molecule has 0 amide bonds. The third-order valence-electron chi connectivity index (χ3n) is 2.98. The van der Waals surface area contributed by atoms with Crippen molar-refractivity contribution in [2.45, 2.75) is 6.92 Å². The average Bonchev–Trinajstić information content (AvgIpc) is 2.87. The van der Waals surface area contributed by atoms with Crippen molar-refractivity contribution >= 4 is 11.6 Å². The summed E-state index contributed by atoms with van der Waals surface area (Å²) < 4.78 is 15.3. The van der Waals surface area contributed by atoms with Gasteiger partial charge in [0.05, 0.1) is 5.69 Å². The Labute approximate surface area is 116 Å². The number of para-hydroxylation sites is 1. The van der Waals surface area contributed by atoms with Gasteiger partial charge in [-0.2, -0.15) is 0 Å². The number of imidazole rings is 1. The lowest BCUT2D eigenvalue weighted by molar-refractivity contribution is 0.625. The molecule has 3 nitrogen and oxygen atoms in total. The lowest BCUT2D eigenvalue weighted by atomic mass is 10.2. The van der Waals surface area contributed by atoms with Gasteiger partial charge < -0.3 is 5.32 Å². The number of aromatic nitrogens is 2. The van der Waals surface area contributed by atoms with Gasteiger partial charge in [-0.3, -0.25) is 4.57 Å². The summed E-state index contributed by atoms with van der Waals surface area (Å²) in [6.07, 6.45) is 3.49. The molecule has 0 radical (unpaired) electrons. The van der Waals surface area contributed by atoms with Gasteiger partial charge in [0, 0.05) is 18.1 Å². The fraction of sp³-hybridized carbons (Fsp3) is 0.0625. The van der Waals surface area contributed by atoms with E-state index in [4.69, 9.17) is 0 Å². The fourth-order valence-corrected chi connectivity index (χ4v) is 2.11. The number of hydrogen-bond acceptors (Lipinski definition) is 2. The van der Waals surface area contributed by atoms with Crippen LogP contribution < -0.4 is 5.32 Å². The molecule has 0 atom stereocenters. The van der Waals surface area contributed by atoms with Crippen LogP contribution in [0.2, 0.25) is 0 Å². The Balaban J connectivity index is 1.98. The maximum atomic E-state index is 13.5. The molecular weight excluding hydrogens is 253 g/mol. The highest BCUT2D eigenvalue weighted by atomic mass is 19.1. The van der Waals surface area contributed by atoms with Crippen LogP contribution in [-0.4, -0.2) is 9.55 Å². The predicted octanol–water partition coefficient (Wildman–Crippen LogP) is 4.06. The molecule has 0 aliphatic carbocycles. The van der Waals surface area contributed by atoms with E-state index >= 15 is 0 Å². The normalized spacial score (nSPS) is 10.5. The van der Waals surface area contributed by atoms with Crippen LogP contribution in [0.25, 0.3) is 5.69 Å². The SMILES string of the molecule is Cc1cc(F)cc(-n2ccnc2Nc2ccccc2)c1. The number of benzene rings is 2. The van der Waals surface area contributed by atoms with E-state index in [0.29, 0.717) is 5.95 Å². The third-order valence-corrected chi connectivity index (χ3v) is 2.98. The molecule has 0 bridgehead atoms. The van der Waals surface area contributed by atoms with Gasteiger partial charge in [-0.25, -0.2) is 9.37 Å². The smallest absolute Gasteiger partial charge is 0.212 e. The minimum absolute atomic E-state index is 0.251. The first-order valence-electron chi connectivity index (χ1n) is 6.35. The van der Waals surface area contributed by atoms with E-state index in [1.54, 1.807) is 12.4 Å². The zero-order chi connectivity index (χ0) is 13.9. The number of hydrogen-bond donors (Lipinski definition) is 1. The molecule has 0 saturated carbocycles. The third kappa shape index (κ3) is 2.54. The van der Waals surface area contributed by atoms with E-state index in [2.05, 4.69) is 10.3 Å². The van der Waals surface area contributed by atoms with E-state index in [1.807, 2.05) is 47.9 Å². The molecule has 0 unspecified atom stereocenters. The lowest BCUT2D eigenvalue weighted by Gasteiger charge is -2.10. The Morgan fingerprint density at radius 1 is 1.10 bits per heavy atom. The van der Waals surface area contributed by atoms with Gasteiger partial charge in [0.15, 0.2) is 0 Å². The highest BCUT2D eigenvalue weighted by molar-refractivity contribution is 5.56. The van der Waals surface area contributed by atoms with Crippen molar-refractivity contribution in [1.29, 1.82) is 0 Å². The Bertz CT molecular complexity index is 699. The minimum atomic E-state index is -0.251. The summed E-state index contributed by atoms with van der Waals surface area (Å²) in [5, 5.41) is 3.22. The second kappa shape index (κ2) is 5.17. The van der Waals surface area contributed by atoms with Gasteiger partial charge in [0.25, 0.3) is 0 Å². The molecule has 20 heavy (non-hydrogen) atoms. The van der Waals surface area contributed by atoms with Crippen molar-refractivity contribution in [3.05, 3.63) is 72.3 Å². The Kier molecular flexibility index (Phi) is 3.21. The van der Waals surface area contributed by atoms with Gasteiger partial charge >= 0.3 is 0 Å². The molecule has 1 heterocycles. The van der Waals surface area contributed by atoms with Crippen LogP contribution in [0, 0.1) is 12.7 Å². The average molecular weight is 267 g/mol. The van der Waals surface area contributed by atoms with Gasteiger partial charge in [-0.05, 0) is 42.8 Å². The van der Waals surface area contributed by atoms with Crippen molar-refractivity contribution in [2.75, 3.05) is 5.32 Å². The van der Waals surface area contributed by atoms with Crippen molar-refractivity contribution in [1.82, 2.24) is 9.55 Å². The molecule has 1 N–H and O–H groups in total. The predicted molar refractivity (Wildman–Crippen MR) is 78.0 cm³/mol. The van der Waals surface area contributed by atoms with Gasteiger partial charge in [-0.1, -0.05) is 18.2 Å². The van der Waals surface area contributed by atoms with Gasteiger partial charge in [0.2, 0.25) is 5.95 Å². The number of rotatable bonds is 3. The number of aryl methyl sites for hydroxylation is 1. The van der Waals surface area contributed by atoms with Gasteiger partial charge in [-0.15, -0.1) is 0 Å². The molecule has 100 valence electrons. The molecule has 0 aliphatic rings. The standard InChI is InChI=1S/C16H14FN3/c1-12-9-13(17)11-15(10-12)20-8-7-18-16(20)19-14-5-3-2-4-6-14/h2-11H,1H3,(H,18,19). The van der Waals surface area contributed by atoms with E-state index in [-0.39, 0.29) is 5.82 Å². The molecule has 4 heteroatoms. The molecule has 0 saturated heterocycles. The minimum Gasteiger partial charge on any atom is -0.325 e. The van der Waals surface area contributed by atoms with Crippen LogP contribution in [0.15, 0.2) is 60.9 Å². The zero-order valence-corrected chi connectivity index (χ0v) is 11.0. The van der Waals surface area contributed by atoms with Crippen LogP contribution in [0.4, 0.5) is 16.0 Å². The number of halogens is 1. The van der Waals surface area contributed by atoms with E-state index < -0.39 is 0 Å². The first-order valence-corrected chi connectivity index (χ1v) is 6.35. The molecule has 1 aromatic heterocycles. The highest BCUT2D eigenvalue weighted by Crippen LogP contribution is 2.20. The molecule has 0 aliphatic heterocycles. The van der Waals surface area contributed by atoms with Crippen molar-refractivity contribution < 1.29 is 4.39 Å². The molecule has 2 aromatic carbocycles. The lowest BCUT2D eigenvalue weighted by Crippen LogP contribution is -2.01. The highest BCUT2D eigenvalue weighted by Gasteiger charge is 2.07. The molecule has 0 fully saturated rings. The maximum absolute atomic E-state index is 13.5. The van der Waals surface area contributed by atoms with Crippen LogP contribution in [0.1, 0.15) is 5.56 Å². The Morgan fingerprint density at radius 3 is 2.65 bits per heavy atom. The van der Waals surface area contributed by atoms with E-state index in [0.717, 1.165) is 16.9 Å². The first-order chi connectivity index (χ1) is 9.72. The largest absolute Gasteiger partial charge is 0.325 e. The van der Waals surface area contributed by atoms with Crippen molar-refractivity contribution in [3.63, 3.8) is 0 Å². The summed E-state index contributed by atoms with van der Waals surface area (Å²) in [6, 6.07) is 14.7. The van der Waals surface area contributed by atoms with Crippen molar-refractivity contribution in [2.24, 2.45) is 0 Å². The molecular formula is C16H14FN3. The Morgan fingerprint density at radius 2 is 1.90 bits per heavy atom. The van der Waals surface area contributed by atoms with E-state index in [9.17, 15) is 4.39 Å². The summed E-state index contributed by atoms with van der Waals surface area (Å²) in [6.45, 7) is 1.87. The molecule has 0 spiro atoms. The number of anilines is 2. The number of nitrogens with zero attached hydrogens (tertiary/aromatic N) is 2. The second-order valence-electron chi connectivity index (χ2n) is 4.60. The zero-order valence-electron chi connectivity index (χ0n) is 11.0. The summed E-state index contributed by atoms with van der Waals surface area (Å²) in [5.41, 5.74) is 2.56. The van der Waals surface area contributed by atoms with Gasteiger partial charge in [0.1, 0.15) is 5.82 Å². The molecule has 3 aromatic rings. The second-order valence-corrected chi connectivity index (χ2v) is 4.60. The summed E-state index contributed by atoms with van der Waals surface area (Å²) >= 11 is 0. The van der Waals surface area contributed by atoms with Crippen LogP contribution in [-0.2, 0) is 0 Å². The first kappa shape index (κ1) is 12.4. The van der Waals surface area contributed by atoms with Crippen LogP contribution >= 0.6 is 0 Å². The number of nitrogens with one attached hydrogen (secondary N) is 1. The summed E-state index contributed by atoms with van der Waals surface area (Å²) in [4.78, 5) is 4.28. The summed E-state index contributed by atoms with van der Waals surface area (Å²) in [5.74, 6) is 0.403. The quantitative estimate of drug-likeness (QED) is 0.775. The monoisotopic (exact) mass is 267 g/mol. The molecule has 3 rings (SSSR count). The topological polar surface area (TPSA) is 29.9 Å². The Hall–Kier alpha value is -2.62. The summed E-state index contributed by atoms with van der Waals surface area (Å²) in [7, 11) is 0. The fourth-order valence-electron chi connectivity index (χ4n) is 2.11. The van der Waals surface area contributed by atoms with Crippen molar-refractivity contribution in [3.8, 4) is 5.69 Å². The maximum Gasteiger partial charge on any atom is 0.212 e. The van der Waals surface area contributed by atoms with Crippen LogP contribution in [0.3, 0.4) is 0 Å².